The van der Waals surface area contributed by atoms with Crippen LogP contribution >= 0.6 is 0 Å². The Balaban J connectivity index is 1.52. The highest BCUT2D eigenvalue weighted by Crippen LogP contribution is 2.36. The fourth-order valence-corrected chi connectivity index (χ4v) is 5.72. The summed E-state index contributed by atoms with van der Waals surface area (Å²) in [7, 11) is -4.13. The number of nitrogens with zero attached hydrogens (tertiary/aromatic N) is 1. The molecule has 0 unspecified atom stereocenters. The fourth-order valence-electron chi connectivity index (χ4n) is 4.37. The van der Waals surface area contributed by atoms with E-state index in [1.807, 2.05) is 37.3 Å². The van der Waals surface area contributed by atoms with Crippen LogP contribution in [0.1, 0.15) is 51.4 Å². The summed E-state index contributed by atoms with van der Waals surface area (Å²) in [5, 5.41) is 0. The Bertz CT molecular complexity index is 1680. The molecule has 0 radical (unpaired) electrons. The van der Waals surface area contributed by atoms with E-state index in [4.69, 9.17) is 9.47 Å². The largest absolute Gasteiger partial charge is 0.489 e. The van der Waals surface area contributed by atoms with Gasteiger partial charge in [-0.1, -0.05) is 60.2 Å². The number of aryl methyl sites for hydroxylation is 1. The van der Waals surface area contributed by atoms with E-state index < -0.39 is 27.7 Å². The highest BCUT2D eigenvalue weighted by molar-refractivity contribution is 7.90. The monoisotopic (exact) mass is 541 g/mol. The Morgan fingerprint density at radius 1 is 0.821 bits per heavy atom. The van der Waals surface area contributed by atoms with Crippen LogP contribution in [-0.2, 0) is 21.4 Å². The number of carbonyl (C=O) groups is 2. The molecule has 1 aliphatic carbocycles. The molecule has 0 fully saturated rings. The summed E-state index contributed by atoms with van der Waals surface area (Å²) in [4.78, 5) is 27.5. The van der Waals surface area contributed by atoms with Crippen molar-refractivity contribution in [1.82, 2.24) is 3.97 Å². The number of benzene rings is 3. The molecule has 1 aliphatic rings. The standard InChI is InChI=1S/C31H27NO6S/c1-20(2)38-31-27(23-11-13-24(14-12-23)37-19-22-7-5-4-6-8-22)29(33)26-17-18-32(28(26)30(31)34)39(35,36)25-15-9-21(3)10-16-25/h4-18,20H,19H2,1-3H3. The number of fused-ring (bicyclic) bond motifs is 1. The molecule has 0 atom stereocenters. The van der Waals surface area contributed by atoms with Crippen LogP contribution in [0, 0.1) is 6.92 Å². The van der Waals surface area contributed by atoms with Crippen LogP contribution in [-0.4, -0.2) is 30.1 Å². The molecule has 0 saturated heterocycles. The molecule has 198 valence electrons. The zero-order valence-electron chi connectivity index (χ0n) is 21.7. The maximum absolute atomic E-state index is 13.8. The number of allylic oxidation sites excluding steroid dienone is 2. The van der Waals surface area contributed by atoms with E-state index >= 15 is 0 Å². The summed E-state index contributed by atoms with van der Waals surface area (Å²) in [6.07, 6.45) is 0.811. The van der Waals surface area contributed by atoms with E-state index in [0.29, 0.717) is 17.9 Å². The Labute approximate surface area is 227 Å². The maximum atomic E-state index is 13.8. The number of hydrogen-bond donors (Lipinski definition) is 0. The van der Waals surface area contributed by atoms with Crippen molar-refractivity contribution in [1.29, 1.82) is 0 Å². The van der Waals surface area contributed by atoms with Gasteiger partial charge in [0.1, 0.15) is 18.1 Å². The normalized spacial score (nSPS) is 13.5. The van der Waals surface area contributed by atoms with Crippen molar-refractivity contribution in [2.24, 2.45) is 0 Å². The molecule has 1 heterocycles. The minimum atomic E-state index is -4.13. The maximum Gasteiger partial charge on any atom is 0.268 e. The molecule has 0 N–H and O–H groups in total. The molecule has 8 heteroatoms. The molecule has 4 aromatic rings. The number of hydrogen-bond acceptors (Lipinski definition) is 6. The van der Waals surface area contributed by atoms with Gasteiger partial charge in [0.15, 0.2) is 11.5 Å². The van der Waals surface area contributed by atoms with Gasteiger partial charge in [-0.25, -0.2) is 12.4 Å². The molecule has 0 spiro atoms. The first kappa shape index (κ1) is 26.2. The molecule has 5 rings (SSSR count). The van der Waals surface area contributed by atoms with Gasteiger partial charge in [-0.2, -0.15) is 0 Å². The first-order chi connectivity index (χ1) is 18.7. The number of carbonyl (C=O) groups excluding carboxylic acids is 2. The van der Waals surface area contributed by atoms with Gasteiger partial charge in [0.25, 0.3) is 10.0 Å². The van der Waals surface area contributed by atoms with Gasteiger partial charge in [-0.3, -0.25) is 9.59 Å². The molecular formula is C31H27NO6S. The van der Waals surface area contributed by atoms with Gasteiger partial charge in [0.05, 0.1) is 22.1 Å². The lowest BCUT2D eigenvalue weighted by Gasteiger charge is -2.23. The zero-order chi connectivity index (χ0) is 27.7. The summed E-state index contributed by atoms with van der Waals surface area (Å²) in [5.74, 6) is -0.742. The van der Waals surface area contributed by atoms with Crippen LogP contribution in [0.4, 0.5) is 0 Å². The average Bonchev–Trinajstić information content (AvgIpc) is 3.39. The van der Waals surface area contributed by atoms with Crippen molar-refractivity contribution in [3.05, 3.63) is 125 Å². The number of ether oxygens (including phenoxy) is 2. The molecule has 0 bridgehead atoms. The van der Waals surface area contributed by atoms with Crippen LogP contribution in [0.15, 0.2) is 102 Å². The molecule has 3 aromatic carbocycles. The third kappa shape index (κ3) is 5.03. The predicted molar refractivity (Wildman–Crippen MR) is 147 cm³/mol. The molecule has 0 aliphatic heterocycles. The Morgan fingerprint density at radius 2 is 1.49 bits per heavy atom. The Morgan fingerprint density at radius 3 is 2.13 bits per heavy atom. The van der Waals surface area contributed by atoms with Gasteiger partial charge in [-0.05, 0) is 62.2 Å². The second-order valence-electron chi connectivity index (χ2n) is 9.52. The third-order valence-corrected chi connectivity index (χ3v) is 7.98. The van der Waals surface area contributed by atoms with Gasteiger partial charge in [0, 0.05) is 6.20 Å². The molecule has 39 heavy (non-hydrogen) atoms. The first-order valence-electron chi connectivity index (χ1n) is 12.5. The van der Waals surface area contributed by atoms with E-state index in [2.05, 4.69) is 0 Å². The van der Waals surface area contributed by atoms with Crippen molar-refractivity contribution in [2.45, 2.75) is 38.4 Å². The lowest BCUT2D eigenvalue weighted by Crippen LogP contribution is -2.28. The summed E-state index contributed by atoms with van der Waals surface area (Å²) >= 11 is 0. The minimum absolute atomic E-state index is 0.00574. The molecule has 1 aromatic heterocycles. The zero-order valence-corrected chi connectivity index (χ0v) is 22.6. The molecule has 7 nitrogen and oxygen atoms in total. The fraction of sp³-hybridized carbons (Fsp3) is 0.161. The Kier molecular flexibility index (Phi) is 6.97. The van der Waals surface area contributed by atoms with Crippen LogP contribution in [0.25, 0.3) is 5.57 Å². The second-order valence-corrected chi connectivity index (χ2v) is 11.3. The van der Waals surface area contributed by atoms with E-state index in [1.165, 1.54) is 24.4 Å². The number of Topliss-reactive ketones (excluding diaryl/α,β-unsaturated/α-hetero) is 2. The number of ketones is 2. The highest BCUT2D eigenvalue weighted by atomic mass is 32.2. The van der Waals surface area contributed by atoms with Crippen molar-refractivity contribution < 1.29 is 27.5 Å². The first-order valence-corrected chi connectivity index (χ1v) is 13.9. The van der Waals surface area contributed by atoms with Crippen molar-refractivity contribution >= 4 is 27.2 Å². The summed E-state index contributed by atoms with van der Waals surface area (Å²) in [5.41, 5.74) is 2.24. The molecule has 0 amide bonds. The van der Waals surface area contributed by atoms with E-state index in [0.717, 1.165) is 15.1 Å². The average molecular weight is 542 g/mol. The number of aromatic nitrogens is 1. The van der Waals surface area contributed by atoms with E-state index in [9.17, 15) is 18.0 Å². The van der Waals surface area contributed by atoms with Gasteiger partial charge >= 0.3 is 0 Å². The SMILES string of the molecule is Cc1ccc(S(=O)(=O)n2ccc3c2C(=O)C(OC(C)C)=C(c2ccc(OCc4ccccc4)cc2)C3=O)cc1. The van der Waals surface area contributed by atoms with Crippen molar-refractivity contribution in [2.75, 3.05) is 0 Å². The summed E-state index contributed by atoms with van der Waals surface area (Å²) < 4.78 is 39.5. The predicted octanol–water partition coefficient (Wildman–Crippen LogP) is 5.83. The molecular weight excluding hydrogens is 514 g/mol. The van der Waals surface area contributed by atoms with E-state index in [1.54, 1.807) is 50.2 Å². The summed E-state index contributed by atoms with van der Waals surface area (Å²) in [6, 6.07) is 24.2. The molecule has 0 saturated carbocycles. The van der Waals surface area contributed by atoms with Gasteiger partial charge in [-0.15, -0.1) is 0 Å². The summed E-state index contributed by atoms with van der Waals surface area (Å²) in [6.45, 7) is 5.70. The quantitative estimate of drug-likeness (QED) is 0.279. The topological polar surface area (TPSA) is 91.7 Å². The second kappa shape index (κ2) is 10.4. The van der Waals surface area contributed by atoms with Crippen LogP contribution < -0.4 is 4.74 Å². The minimum Gasteiger partial charge on any atom is -0.489 e. The van der Waals surface area contributed by atoms with Gasteiger partial charge < -0.3 is 9.47 Å². The number of rotatable bonds is 8. The smallest absolute Gasteiger partial charge is 0.268 e. The van der Waals surface area contributed by atoms with Crippen LogP contribution in [0.5, 0.6) is 5.75 Å². The van der Waals surface area contributed by atoms with Crippen molar-refractivity contribution in [3.63, 3.8) is 0 Å². The van der Waals surface area contributed by atoms with E-state index in [-0.39, 0.29) is 27.5 Å². The van der Waals surface area contributed by atoms with Crippen LogP contribution in [0.3, 0.4) is 0 Å². The third-order valence-electron chi connectivity index (χ3n) is 6.29. The lowest BCUT2D eigenvalue weighted by molar-refractivity contribution is 0.0816. The van der Waals surface area contributed by atoms with Gasteiger partial charge in [0.2, 0.25) is 5.78 Å². The van der Waals surface area contributed by atoms with Crippen molar-refractivity contribution in [3.8, 4) is 5.75 Å². The highest BCUT2D eigenvalue weighted by Gasteiger charge is 2.39. The Hall–Kier alpha value is -4.43. The van der Waals surface area contributed by atoms with Crippen LogP contribution in [0.2, 0.25) is 0 Å². The lowest BCUT2D eigenvalue weighted by atomic mass is 9.88.